The number of para-hydroxylation sites is 3. The van der Waals surface area contributed by atoms with Crippen LogP contribution in [0.15, 0.2) is 178 Å². The maximum absolute atomic E-state index is 15.2. The first-order chi connectivity index (χ1) is 23.6. The number of hydrogen-bond acceptors (Lipinski definition) is 3. The van der Waals surface area contributed by atoms with Gasteiger partial charge in [-0.3, -0.25) is 0 Å². The van der Waals surface area contributed by atoms with Crippen molar-refractivity contribution >= 4 is 53.6 Å². The number of benzene rings is 7. The average Bonchev–Trinajstić information content (AvgIpc) is 3.69. The number of rotatable bonds is 3. The van der Waals surface area contributed by atoms with E-state index >= 15 is 8.42 Å². The zero-order valence-corrected chi connectivity index (χ0v) is 26.5. The third-order valence-electron chi connectivity index (χ3n) is 10.1. The first-order valence-electron chi connectivity index (χ1n) is 16.0. The molecule has 0 spiro atoms. The number of aromatic nitrogens is 1. The minimum atomic E-state index is -3.98. The summed E-state index contributed by atoms with van der Waals surface area (Å²) in [5, 5.41) is 3.64. The molecular weight excluding hydrogens is 611 g/mol. The lowest BCUT2D eigenvalue weighted by molar-refractivity contribution is 0.580. The summed E-state index contributed by atoms with van der Waals surface area (Å²) < 4.78 is 39.0. The van der Waals surface area contributed by atoms with Crippen LogP contribution in [0.25, 0.3) is 49.4 Å². The SMILES string of the molecule is O=S1(=O)c2ccccc2C(c2ccccc2)(c2ccccc2)c2ccc3c(c21)c1ccccc1n3-c1cccc2c1oc1ccccc12. The summed E-state index contributed by atoms with van der Waals surface area (Å²) in [5.41, 5.74) is 6.79. The number of nitrogens with zero attached hydrogens (tertiary/aromatic N) is 1. The van der Waals surface area contributed by atoms with E-state index in [-0.39, 0.29) is 0 Å². The molecule has 0 amide bonds. The summed E-state index contributed by atoms with van der Waals surface area (Å²) in [5.74, 6) is 0. The minimum Gasteiger partial charge on any atom is -0.454 e. The molecule has 2 aromatic heterocycles. The van der Waals surface area contributed by atoms with Crippen LogP contribution >= 0.6 is 0 Å². The first kappa shape index (κ1) is 27.2. The first-order valence-corrected chi connectivity index (χ1v) is 17.5. The fourth-order valence-corrected chi connectivity index (χ4v) is 10.2. The van der Waals surface area contributed by atoms with Crippen LogP contribution in [-0.4, -0.2) is 13.0 Å². The summed E-state index contributed by atoms with van der Waals surface area (Å²) in [4.78, 5) is 0.673. The van der Waals surface area contributed by atoms with Crippen molar-refractivity contribution in [3.63, 3.8) is 0 Å². The van der Waals surface area contributed by atoms with Gasteiger partial charge in [-0.1, -0.05) is 133 Å². The molecule has 0 atom stereocenters. The molecule has 48 heavy (non-hydrogen) atoms. The second-order valence-corrected chi connectivity index (χ2v) is 14.3. The molecule has 9 aromatic rings. The lowest BCUT2D eigenvalue weighted by Gasteiger charge is -2.42. The van der Waals surface area contributed by atoms with Crippen molar-refractivity contribution in [2.45, 2.75) is 15.2 Å². The van der Waals surface area contributed by atoms with Crippen LogP contribution in [0.3, 0.4) is 0 Å². The van der Waals surface area contributed by atoms with Crippen molar-refractivity contribution in [2.24, 2.45) is 0 Å². The number of sulfone groups is 1. The zero-order chi connectivity index (χ0) is 32.0. The summed E-state index contributed by atoms with van der Waals surface area (Å²) in [6, 6.07) is 54.6. The largest absolute Gasteiger partial charge is 0.454 e. The molecule has 10 rings (SSSR count). The predicted molar refractivity (Wildman–Crippen MR) is 192 cm³/mol. The quantitative estimate of drug-likeness (QED) is 0.194. The van der Waals surface area contributed by atoms with E-state index < -0.39 is 15.3 Å². The van der Waals surface area contributed by atoms with Gasteiger partial charge in [-0.25, -0.2) is 8.42 Å². The molecule has 0 N–H and O–H groups in total. The van der Waals surface area contributed by atoms with Crippen LogP contribution in [0.2, 0.25) is 0 Å². The van der Waals surface area contributed by atoms with E-state index in [1.165, 1.54) is 0 Å². The second-order valence-electron chi connectivity index (χ2n) is 12.4. The maximum Gasteiger partial charge on any atom is 0.207 e. The summed E-state index contributed by atoms with van der Waals surface area (Å²) >= 11 is 0. The van der Waals surface area contributed by atoms with Gasteiger partial charge in [-0.2, -0.15) is 0 Å². The zero-order valence-electron chi connectivity index (χ0n) is 25.7. The monoisotopic (exact) mass is 637 g/mol. The predicted octanol–water partition coefficient (Wildman–Crippen LogP) is 10.2. The van der Waals surface area contributed by atoms with Crippen molar-refractivity contribution < 1.29 is 12.8 Å². The molecule has 0 radical (unpaired) electrons. The molecule has 7 aromatic carbocycles. The Morgan fingerprint density at radius 3 is 1.90 bits per heavy atom. The summed E-state index contributed by atoms with van der Waals surface area (Å²) in [6.07, 6.45) is 0. The van der Waals surface area contributed by atoms with Gasteiger partial charge in [0.25, 0.3) is 0 Å². The molecule has 5 heteroatoms. The maximum atomic E-state index is 15.2. The molecule has 3 heterocycles. The highest BCUT2D eigenvalue weighted by atomic mass is 32.2. The van der Waals surface area contributed by atoms with Crippen LogP contribution in [0.1, 0.15) is 22.3 Å². The van der Waals surface area contributed by atoms with Crippen molar-refractivity contribution in [3.8, 4) is 5.69 Å². The van der Waals surface area contributed by atoms with Crippen LogP contribution < -0.4 is 0 Å². The Labute approximate surface area is 277 Å². The number of hydrogen-bond donors (Lipinski definition) is 0. The molecule has 0 aliphatic carbocycles. The standard InChI is InChI=1S/C43H27NO3S/c45-48(46)39-25-12-9-21-33(39)43(28-14-3-1-4-15-28,29-16-5-2-6-17-29)34-26-27-36-40(42(34)48)32-19-7-10-22-35(32)44(36)37-23-13-20-31-30-18-8-11-24-38(30)47-41(31)37/h1-27H. The van der Waals surface area contributed by atoms with Crippen LogP contribution in [-0.2, 0) is 15.3 Å². The summed E-state index contributed by atoms with van der Waals surface area (Å²) in [7, 11) is -3.98. The molecule has 0 fully saturated rings. The molecule has 1 aliphatic heterocycles. The third kappa shape index (κ3) is 3.41. The Morgan fingerprint density at radius 1 is 0.500 bits per heavy atom. The molecule has 0 saturated carbocycles. The van der Waals surface area contributed by atoms with Gasteiger partial charge in [0.05, 0.1) is 31.9 Å². The Hall–Kier alpha value is -5.91. The smallest absolute Gasteiger partial charge is 0.207 e. The fraction of sp³-hybridized carbons (Fsp3) is 0.0233. The topological polar surface area (TPSA) is 52.2 Å². The van der Waals surface area contributed by atoms with Gasteiger partial charge in [0.1, 0.15) is 5.58 Å². The van der Waals surface area contributed by atoms with Gasteiger partial charge < -0.3 is 8.98 Å². The highest BCUT2D eigenvalue weighted by Gasteiger charge is 2.49. The van der Waals surface area contributed by atoms with Crippen molar-refractivity contribution in [3.05, 3.63) is 186 Å². The highest BCUT2D eigenvalue weighted by molar-refractivity contribution is 7.92. The van der Waals surface area contributed by atoms with E-state index in [0.717, 1.165) is 66.3 Å². The normalized spacial score (nSPS) is 14.8. The molecule has 4 nitrogen and oxygen atoms in total. The molecular formula is C43H27NO3S. The Balaban J connectivity index is 1.42. The van der Waals surface area contributed by atoms with Crippen LogP contribution in [0.4, 0.5) is 0 Å². The van der Waals surface area contributed by atoms with E-state index in [1.54, 1.807) is 6.07 Å². The number of fused-ring (bicyclic) bond motifs is 9. The van der Waals surface area contributed by atoms with Crippen LogP contribution in [0.5, 0.6) is 0 Å². The lowest BCUT2D eigenvalue weighted by Crippen LogP contribution is -2.37. The fourth-order valence-electron chi connectivity index (χ4n) is 8.20. The molecule has 0 bridgehead atoms. The Bertz CT molecular complexity index is 2810. The molecule has 228 valence electrons. The van der Waals surface area contributed by atoms with E-state index in [2.05, 4.69) is 59.2 Å². The number of furan rings is 1. The Morgan fingerprint density at radius 2 is 1.12 bits per heavy atom. The van der Waals surface area contributed by atoms with Crippen LogP contribution in [0, 0.1) is 0 Å². The van der Waals surface area contributed by atoms with Crippen molar-refractivity contribution in [1.29, 1.82) is 0 Å². The average molecular weight is 638 g/mol. The van der Waals surface area contributed by atoms with E-state index in [1.807, 2.05) is 103 Å². The van der Waals surface area contributed by atoms with Gasteiger partial charge in [0.15, 0.2) is 5.58 Å². The van der Waals surface area contributed by atoms with E-state index in [0.29, 0.717) is 15.2 Å². The third-order valence-corrected chi connectivity index (χ3v) is 12.0. The Kier molecular flexibility index (Phi) is 5.56. The lowest BCUT2D eigenvalue weighted by atomic mass is 9.64. The van der Waals surface area contributed by atoms with Gasteiger partial charge in [0, 0.05) is 21.5 Å². The van der Waals surface area contributed by atoms with E-state index in [4.69, 9.17) is 4.42 Å². The van der Waals surface area contributed by atoms with Gasteiger partial charge in [-0.05, 0) is 52.6 Å². The minimum absolute atomic E-state index is 0.328. The molecule has 1 aliphatic rings. The summed E-state index contributed by atoms with van der Waals surface area (Å²) in [6.45, 7) is 0. The highest BCUT2D eigenvalue weighted by Crippen LogP contribution is 2.56. The molecule has 0 unspecified atom stereocenters. The second kappa shape index (κ2) is 9.80. The van der Waals surface area contributed by atoms with E-state index in [9.17, 15) is 0 Å². The molecule has 0 saturated heterocycles. The van der Waals surface area contributed by atoms with Crippen molar-refractivity contribution in [2.75, 3.05) is 0 Å². The van der Waals surface area contributed by atoms with Gasteiger partial charge >= 0.3 is 0 Å². The van der Waals surface area contributed by atoms with Gasteiger partial charge in [-0.15, -0.1) is 0 Å². The van der Waals surface area contributed by atoms with Crippen molar-refractivity contribution in [1.82, 2.24) is 4.57 Å². The van der Waals surface area contributed by atoms with Gasteiger partial charge in [0.2, 0.25) is 9.84 Å².